The van der Waals surface area contributed by atoms with Gasteiger partial charge in [-0.3, -0.25) is 4.21 Å². The Morgan fingerprint density at radius 1 is 1.50 bits per heavy atom. The summed E-state index contributed by atoms with van der Waals surface area (Å²) >= 11 is 0. The number of oxime groups is 1. The third-order valence-corrected chi connectivity index (χ3v) is 3.82. The summed E-state index contributed by atoms with van der Waals surface area (Å²) in [5, 5.41) is 13.0. The Hall–Kier alpha value is -1.69. The van der Waals surface area contributed by atoms with Crippen molar-refractivity contribution < 1.29 is 18.9 Å². The molecule has 0 fully saturated rings. The fraction of sp³-hybridized carbons (Fsp3) is 0.333. The van der Waals surface area contributed by atoms with Gasteiger partial charge in [-0.15, -0.1) is 0 Å². The minimum atomic E-state index is -1.20. The van der Waals surface area contributed by atoms with Crippen LogP contribution in [0.2, 0.25) is 0 Å². The van der Waals surface area contributed by atoms with Gasteiger partial charge in [0, 0.05) is 23.1 Å². The molecule has 5 nitrogen and oxygen atoms in total. The molecular weight excluding hydrogens is 254 g/mol. The van der Waals surface area contributed by atoms with Gasteiger partial charge in [0.05, 0.1) is 22.1 Å². The Bertz CT molecular complexity index is 565. The second kappa shape index (κ2) is 4.89. The number of rotatable bonds is 3. The van der Waals surface area contributed by atoms with Crippen molar-refractivity contribution >= 4 is 22.5 Å². The quantitative estimate of drug-likeness (QED) is 0.901. The van der Waals surface area contributed by atoms with Gasteiger partial charge in [0.2, 0.25) is 0 Å². The Balaban J connectivity index is 2.68. The lowest BCUT2D eigenvalue weighted by atomic mass is 9.97. The molecule has 0 amide bonds. The number of hydrogen-bond acceptors (Lipinski definition) is 4. The second-order valence-electron chi connectivity index (χ2n) is 3.99. The Labute approximate surface area is 107 Å². The van der Waals surface area contributed by atoms with Crippen LogP contribution in [0.5, 0.6) is 0 Å². The van der Waals surface area contributed by atoms with Crippen LogP contribution in [-0.2, 0) is 15.6 Å². The maximum Gasteiger partial charge on any atom is 0.335 e. The van der Waals surface area contributed by atoms with Crippen molar-refractivity contribution in [3.63, 3.8) is 0 Å². The standard InChI is InChI=1S/C12H13NO4S/c1-7-8(12(14)15)3-4-10(18(2)16)11(7)9-5-6-17-13-9/h3-4H,5-6H2,1-2H3,(H,14,15). The van der Waals surface area contributed by atoms with E-state index in [0.717, 1.165) is 0 Å². The van der Waals surface area contributed by atoms with Crippen molar-refractivity contribution in [3.8, 4) is 0 Å². The van der Waals surface area contributed by atoms with Gasteiger partial charge in [0.15, 0.2) is 0 Å². The molecule has 96 valence electrons. The molecule has 0 aromatic heterocycles. The summed E-state index contributed by atoms with van der Waals surface area (Å²) in [4.78, 5) is 16.7. The van der Waals surface area contributed by atoms with Gasteiger partial charge in [-0.1, -0.05) is 5.16 Å². The molecule has 1 heterocycles. The molecular formula is C12H13NO4S. The lowest BCUT2D eigenvalue weighted by Crippen LogP contribution is -2.11. The highest BCUT2D eigenvalue weighted by Gasteiger charge is 2.22. The predicted molar refractivity (Wildman–Crippen MR) is 67.6 cm³/mol. The van der Waals surface area contributed by atoms with Crippen LogP contribution < -0.4 is 0 Å². The Kier molecular flexibility index (Phi) is 3.47. The molecule has 0 aliphatic carbocycles. The van der Waals surface area contributed by atoms with Crippen molar-refractivity contribution in [3.05, 3.63) is 28.8 Å². The van der Waals surface area contributed by atoms with Crippen molar-refractivity contribution in [2.45, 2.75) is 18.2 Å². The maximum atomic E-state index is 11.7. The number of carboxylic acids is 1. The molecule has 1 aliphatic rings. The SMILES string of the molecule is Cc1c(C(=O)O)ccc(S(C)=O)c1C1=NOCC1. The van der Waals surface area contributed by atoms with E-state index in [1.807, 2.05) is 0 Å². The van der Waals surface area contributed by atoms with Crippen LogP contribution in [0.25, 0.3) is 0 Å². The van der Waals surface area contributed by atoms with Crippen molar-refractivity contribution in [1.82, 2.24) is 0 Å². The molecule has 1 aliphatic heterocycles. The summed E-state index contributed by atoms with van der Waals surface area (Å²) in [6, 6.07) is 3.07. The van der Waals surface area contributed by atoms with Crippen molar-refractivity contribution in [1.29, 1.82) is 0 Å². The zero-order chi connectivity index (χ0) is 13.3. The van der Waals surface area contributed by atoms with E-state index in [2.05, 4.69) is 5.16 Å². The summed E-state index contributed by atoms with van der Waals surface area (Å²) < 4.78 is 11.7. The van der Waals surface area contributed by atoms with Crippen LogP contribution >= 0.6 is 0 Å². The number of benzene rings is 1. The van der Waals surface area contributed by atoms with E-state index in [-0.39, 0.29) is 5.56 Å². The van der Waals surface area contributed by atoms with Gasteiger partial charge in [-0.25, -0.2) is 4.79 Å². The largest absolute Gasteiger partial charge is 0.478 e. The normalized spacial score (nSPS) is 16.0. The fourth-order valence-electron chi connectivity index (χ4n) is 2.00. The first kappa shape index (κ1) is 12.8. The van der Waals surface area contributed by atoms with E-state index < -0.39 is 16.8 Å². The zero-order valence-electron chi connectivity index (χ0n) is 10.1. The van der Waals surface area contributed by atoms with E-state index in [1.165, 1.54) is 6.07 Å². The molecule has 1 atom stereocenters. The van der Waals surface area contributed by atoms with E-state index in [0.29, 0.717) is 34.8 Å². The third kappa shape index (κ3) is 2.15. The summed E-state index contributed by atoms with van der Waals surface area (Å²) in [5.74, 6) is -0.998. The minimum Gasteiger partial charge on any atom is -0.478 e. The molecule has 1 N–H and O–H groups in total. The first-order chi connectivity index (χ1) is 8.52. The number of carboxylic acid groups (broad SMARTS) is 1. The lowest BCUT2D eigenvalue weighted by Gasteiger charge is -2.12. The number of aromatic carboxylic acids is 1. The summed E-state index contributed by atoms with van der Waals surface area (Å²) in [6.07, 6.45) is 2.17. The fourth-order valence-corrected chi connectivity index (χ4v) is 2.82. The monoisotopic (exact) mass is 267 g/mol. The average Bonchev–Trinajstić information content (AvgIpc) is 2.80. The van der Waals surface area contributed by atoms with Gasteiger partial charge < -0.3 is 9.94 Å². The Morgan fingerprint density at radius 3 is 2.72 bits per heavy atom. The highest BCUT2D eigenvalue weighted by Crippen LogP contribution is 2.25. The van der Waals surface area contributed by atoms with Gasteiger partial charge in [0.1, 0.15) is 6.61 Å². The first-order valence-electron chi connectivity index (χ1n) is 5.42. The molecule has 0 saturated heterocycles. The maximum absolute atomic E-state index is 11.7. The van der Waals surface area contributed by atoms with E-state index >= 15 is 0 Å². The molecule has 0 spiro atoms. The van der Waals surface area contributed by atoms with Crippen LogP contribution in [0.4, 0.5) is 0 Å². The molecule has 6 heteroatoms. The molecule has 1 aromatic rings. The van der Waals surface area contributed by atoms with Gasteiger partial charge in [0.25, 0.3) is 0 Å². The second-order valence-corrected chi connectivity index (χ2v) is 5.34. The molecule has 0 bridgehead atoms. The van der Waals surface area contributed by atoms with Crippen LogP contribution in [0, 0.1) is 6.92 Å². The molecule has 18 heavy (non-hydrogen) atoms. The van der Waals surface area contributed by atoms with Crippen LogP contribution in [0.15, 0.2) is 22.2 Å². The molecule has 0 saturated carbocycles. The smallest absolute Gasteiger partial charge is 0.335 e. The zero-order valence-corrected chi connectivity index (χ0v) is 10.9. The molecule has 1 aromatic carbocycles. The molecule has 2 rings (SSSR count). The third-order valence-electron chi connectivity index (χ3n) is 2.86. The van der Waals surface area contributed by atoms with Gasteiger partial charge >= 0.3 is 5.97 Å². The van der Waals surface area contributed by atoms with Crippen LogP contribution in [-0.4, -0.2) is 33.9 Å². The van der Waals surface area contributed by atoms with Crippen LogP contribution in [0.1, 0.15) is 27.9 Å². The topological polar surface area (TPSA) is 76.0 Å². The van der Waals surface area contributed by atoms with E-state index in [1.54, 1.807) is 19.2 Å². The van der Waals surface area contributed by atoms with E-state index in [4.69, 9.17) is 9.94 Å². The Morgan fingerprint density at radius 2 is 2.22 bits per heavy atom. The van der Waals surface area contributed by atoms with Gasteiger partial charge in [-0.2, -0.15) is 0 Å². The summed E-state index contributed by atoms with van der Waals surface area (Å²) in [5.41, 5.74) is 2.10. The highest BCUT2D eigenvalue weighted by molar-refractivity contribution is 7.84. The number of hydrogen-bond donors (Lipinski definition) is 1. The number of nitrogens with zero attached hydrogens (tertiary/aromatic N) is 1. The number of carbonyl (C=O) groups is 1. The van der Waals surface area contributed by atoms with Crippen molar-refractivity contribution in [2.24, 2.45) is 5.16 Å². The first-order valence-corrected chi connectivity index (χ1v) is 6.97. The molecule has 0 radical (unpaired) electrons. The molecule has 1 unspecified atom stereocenters. The minimum absolute atomic E-state index is 0.203. The van der Waals surface area contributed by atoms with E-state index in [9.17, 15) is 9.00 Å². The lowest BCUT2D eigenvalue weighted by molar-refractivity contribution is 0.0696. The van der Waals surface area contributed by atoms with Crippen LogP contribution in [0.3, 0.4) is 0 Å². The predicted octanol–water partition coefficient (Wildman–Crippen LogP) is 1.56. The average molecular weight is 267 g/mol. The van der Waals surface area contributed by atoms with Gasteiger partial charge in [-0.05, 0) is 24.6 Å². The highest BCUT2D eigenvalue weighted by atomic mass is 32.2. The summed E-state index contributed by atoms with van der Waals surface area (Å²) in [7, 11) is -1.20. The van der Waals surface area contributed by atoms with Crippen molar-refractivity contribution in [2.75, 3.05) is 12.9 Å². The summed E-state index contributed by atoms with van der Waals surface area (Å²) in [6.45, 7) is 2.18.